The van der Waals surface area contributed by atoms with E-state index in [0.29, 0.717) is 13.2 Å². The minimum Gasteiger partial charge on any atom is -0.480 e. The van der Waals surface area contributed by atoms with Crippen LogP contribution in [0.2, 0.25) is 0 Å². The summed E-state index contributed by atoms with van der Waals surface area (Å²) in [6, 6.07) is -1.44. The van der Waals surface area contributed by atoms with E-state index in [1.807, 2.05) is 0 Å². The zero-order valence-corrected chi connectivity index (χ0v) is 11.8. The molecule has 2 unspecified atom stereocenters. The van der Waals surface area contributed by atoms with Crippen LogP contribution in [0.4, 0.5) is 0 Å². The molecule has 2 aliphatic heterocycles. The van der Waals surface area contributed by atoms with Gasteiger partial charge < -0.3 is 20.1 Å². The monoisotopic (exact) mass is 306 g/mol. The van der Waals surface area contributed by atoms with Crippen molar-refractivity contribution in [1.82, 2.24) is 10.2 Å². The van der Waals surface area contributed by atoms with E-state index < -0.39 is 27.9 Å². The van der Waals surface area contributed by atoms with Crippen molar-refractivity contribution in [3.63, 3.8) is 0 Å². The van der Waals surface area contributed by atoms with Gasteiger partial charge >= 0.3 is 5.97 Å². The van der Waals surface area contributed by atoms with Crippen molar-refractivity contribution in [3.8, 4) is 0 Å². The maximum atomic E-state index is 12.2. The van der Waals surface area contributed by atoms with Gasteiger partial charge in [-0.2, -0.15) is 0 Å². The van der Waals surface area contributed by atoms with Crippen molar-refractivity contribution >= 4 is 21.7 Å². The molecule has 0 aromatic carbocycles. The van der Waals surface area contributed by atoms with Gasteiger partial charge in [0.05, 0.1) is 24.7 Å². The van der Waals surface area contributed by atoms with E-state index in [9.17, 15) is 18.0 Å². The van der Waals surface area contributed by atoms with Crippen LogP contribution in [-0.4, -0.2) is 80.2 Å². The van der Waals surface area contributed by atoms with E-state index in [1.54, 1.807) is 0 Å². The number of nitrogens with zero attached hydrogens (tertiary/aromatic N) is 1. The van der Waals surface area contributed by atoms with Gasteiger partial charge in [-0.25, -0.2) is 13.2 Å². The average molecular weight is 306 g/mol. The number of carbonyl (C=O) groups is 2. The average Bonchev–Trinajstić information content (AvgIpc) is 2.37. The minimum absolute atomic E-state index is 0.0109. The zero-order chi connectivity index (χ0) is 14.8. The number of rotatable bonds is 3. The van der Waals surface area contributed by atoms with Crippen molar-refractivity contribution in [2.75, 3.05) is 37.8 Å². The van der Waals surface area contributed by atoms with Crippen LogP contribution in [0, 0.1) is 0 Å². The summed E-state index contributed by atoms with van der Waals surface area (Å²) in [4.78, 5) is 24.5. The Morgan fingerprint density at radius 1 is 1.40 bits per heavy atom. The smallest absolute Gasteiger partial charge is 0.328 e. The Labute approximate surface area is 117 Å². The van der Waals surface area contributed by atoms with Crippen LogP contribution in [0.15, 0.2) is 0 Å². The standard InChI is InChI=1S/C11H18N2O6S/c14-10(5-8-7-20(17,18)4-1-12-8)13-2-3-19-6-9(13)11(15)16/h8-9,12H,1-7H2,(H,15,16). The molecule has 0 saturated carbocycles. The summed E-state index contributed by atoms with van der Waals surface area (Å²) in [7, 11) is -3.11. The molecule has 0 bridgehead atoms. The van der Waals surface area contributed by atoms with E-state index in [1.165, 1.54) is 4.90 Å². The predicted octanol–water partition coefficient (Wildman–Crippen LogP) is -1.92. The van der Waals surface area contributed by atoms with Crippen LogP contribution in [-0.2, 0) is 24.2 Å². The predicted molar refractivity (Wildman–Crippen MR) is 69.0 cm³/mol. The third-order valence-corrected chi connectivity index (χ3v) is 5.19. The Hall–Kier alpha value is -1.19. The molecule has 0 spiro atoms. The summed E-state index contributed by atoms with van der Waals surface area (Å²) in [6.45, 7) is 0.810. The second kappa shape index (κ2) is 6.06. The maximum absolute atomic E-state index is 12.2. The lowest BCUT2D eigenvalue weighted by Gasteiger charge is -2.34. The van der Waals surface area contributed by atoms with Crippen molar-refractivity contribution in [3.05, 3.63) is 0 Å². The van der Waals surface area contributed by atoms with Crippen LogP contribution in [0.5, 0.6) is 0 Å². The van der Waals surface area contributed by atoms with Crippen LogP contribution in [0.1, 0.15) is 6.42 Å². The fraction of sp³-hybridized carbons (Fsp3) is 0.818. The Balaban J connectivity index is 1.98. The van der Waals surface area contributed by atoms with Gasteiger partial charge in [0.1, 0.15) is 0 Å². The van der Waals surface area contributed by atoms with Crippen LogP contribution >= 0.6 is 0 Å². The van der Waals surface area contributed by atoms with E-state index in [4.69, 9.17) is 9.84 Å². The molecule has 1 amide bonds. The molecule has 2 fully saturated rings. The Bertz CT molecular complexity index is 491. The fourth-order valence-electron chi connectivity index (χ4n) is 2.43. The number of aliphatic carboxylic acids is 1. The lowest BCUT2D eigenvalue weighted by molar-refractivity contribution is -0.158. The van der Waals surface area contributed by atoms with Crippen LogP contribution in [0.25, 0.3) is 0 Å². The van der Waals surface area contributed by atoms with Gasteiger partial charge in [0, 0.05) is 25.6 Å². The van der Waals surface area contributed by atoms with Gasteiger partial charge in [0.15, 0.2) is 15.9 Å². The summed E-state index contributed by atoms with van der Waals surface area (Å²) in [6.07, 6.45) is -0.0109. The molecule has 0 radical (unpaired) electrons. The molecule has 9 heteroatoms. The molecule has 0 aliphatic carbocycles. The SMILES string of the molecule is O=C(O)C1COCCN1C(=O)CC1CS(=O)(=O)CCN1. The molecule has 2 aliphatic rings. The normalized spacial score (nSPS) is 29.9. The number of ether oxygens (including phenoxy) is 1. The van der Waals surface area contributed by atoms with Gasteiger partial charge in [0.2, 0.25) is 5.91 Å². The third kappa shape index (κ3) is 3.68. The number of hydrogen-bond acceptors (Lipinski definition) is 6. The quantitative estimate of drug-likeness (QED) is 0.624. The Kier molecular flexibility index (Phi) is 4.61. The lowest BCUT2D eigenvalue weighted by Crippen LogP contribution is -2.55. The molecular formula is C11H18N2O6S. The topological polar surface area (TPSA) is 113 Å². The molecule has 114 valence electrons. The van der Waals surface area contributed by atoms with Crippen LogP contribution < -0.4 is 5.32 Å². The van der Waals surface area contributed by atoms with Crippen molar-refractivity contribution in [2.24, 2.45) is 0 Å². The first-order chi connectivity index (χ1) is 9.39. The molecule has 0 aromatic heterocycles. The number of carboxylic acids is 1. The fourth-order valence-corrected chi connectivity index (χ4v) is 3.88. The molecular weight excluding hydrogens is 288 g/mol. The number of nitrogens with one attached hydrogen (secondary N) is 1. The number of morpholine rings is 1. The Morgan fingerprint density at radius 3 is 2.80 bits per heavy atom. The molecule has 8 nitrogen and oxygen atoms in total. The summed E-state index contributed by atoms with van der Waals surface area (Å²) < 4.78 is 28.1. The van der Waals surface area contributed by atoms with Crippen molar-refractivity contribution in [2.45, 2.75) is 18.5 Å². The highest BCUT2D eigenvalue weighted by Crippen LogP contribution is 2.12. The summed E-state index contributed by atoms with van der Waals surface area (Å²) in [5, 5.41) is 12.0. The molecule has 20 heavy (non-hydrogen) atoms. The van der Waals surface area contributed by atoms with Gasteiger partial charge in [-0.05, 0) is 0 Å². The molecule has 2 atom stereocenters. The highest BCUT2D eigenvalue weighted by Gasteiger charge is 2.35. The zero-order valence-electron chi connectivity index (χ0n) is 10.9. The van der Waals surface area contributed by atoms with Gasteiger partial charge in [-0.15, -0.1) is 0 Å². The number of carboxylic acid groups (broad SMARTS) is 1. The summed E-state index contributed by atoms with van der Waals surface area (Å²) in [5.41, 5.74) is 0. The van der Waals surface area contributed by atoms with Crippen LogP contribution in [0.3, 0.4) is 0 Å². The van der Waals surface area contributed by atoms with E-state index in [2.05, 4.69) is 5.32 Å². The van der Waals surface area contributed by atoms with Crippen molar-refractivity contribution in [1.29, 1.82) is 0 Å². The number of hydrogen-bond donors (Lipinski definition) is 2. The summed E-state index contributed by atoms with van der Waals surface area (Å²) in [5.74, 6) is -1.47. The first kappa shape index (κ1) is 15.2. The minimum atomic E-state index is -3.11. The number of amides is 1. The molecule has 2 rings (SSSR count). The highest BCUT2D eigenvalue weighted by atomic mass is 32.2. The van der Waals surface area contributed by atoms with Gasteiger partial charge in [0.25, 0.3) is 0 Å². The molecule has 2 heterocycles. The van der Waals surface area contributed by atoms with Gasteiger partial charge in [-0.1, -0.05) is 0 Å². The van der Waals surface area contributed by atoms with E-state index >= 15 is 0 Å². The largest absolute Gasteiger partial charge is 0.480 e. The first-order valence-corrected chi connectivity index (χ1v) is 8.25. The van der Waals surface area contributed by atoms with Gasteiger partial charge in [-0.3, -0.25) is 4.79 Å². The first-order valence-electron chi connectivity index (χ1n) is 6.43. The lowest BCUT2D eigenvalue weighted by atomic mass is 10.1. The second-order valence-electron chi connectivity index (χ2n) is 4.99. The van der Waals surface area contributed by atoms with Crippen molar-refractivity contribution < 1.29 is 27.9 Å². The number of carbonyl (C=O) groups excluding carboxylic acids is 1. The third-order valence-electron chi connectivity index (χ3n) is 3.46. The second-order valence-corrected chi connectivity index (χ2v) is 7.21. The van der Waals surface area contributed by atoms with E-state index in [0.717, 1.165) is 0 Å². The Morgan fingerprint density at radius 2 is 2.15 bits per heavy atom. The molecule has 2 N–H and O–H groups in total. The number of sulfone groups is 1. The summed E-state index contributed by atoms with van der Waals surface area (Å²) >= 11 is 0. The highest BCUT2D eigenvalue weighted by molar-refractivity contribution is 7.91. The maximum Gasteiger partial charge on any atom is 0.328 e. The molecule has 2 saturated heterocycles. The van der Waals surface area contributed by atoms with E-state index in [-0.39, 0.29) is 37.0 Å². The molecule has 0 aromatic rings.